The van der Waals surface area contributed by atoms with E-state index in [1.165, 1.54) is 69.7 Å². The van der Waals surface area contributed by atoms with Crippen LogP contribution in [-0.4, -0.2) is 18.1 Å². The second-order valence-electron chi connectivity index (χ2n) is 15.0. The highest BCUT2D eigenvalue weighted by atomic mass is 15.2. The zero-order chi connectivity index (χ0) is 33.0. The van der Waals surface area contributed by atoms with Gasteiger partial charge in [0.15, 0.2) is 0 Å². The van der Waals surface area contributed by atoms with Crippen LogP contribution in [0.5, 0.6) is 0 Å². The number of para-hydroxylation sites is 1. The van der Waals surface area contributed by atoms with Crippen molar-refractivity contribution in [3.05, 3.63) is 197 Å². The zero-order valence-electron chi connectivity index (χ0n) is 28.6. The quantitative estimate of drug-likeness (QED) is 0.272. The summed E-state index contributed by atoms with van der Waals surface area (Å²) in [5.74, 6) is 1.58. The highest BCUT2D eigenvalue weighted by molar-refractivity contribution is 5.72. The minimum Gasteiger partial charge on any atom is -0.357 e. The van der Waals surface area contributed by atoms with Crippen LogP contribution in [0, 0.1) is 11.8 Å². The normalized spacial score (nSPS) is 30.2. The highest BCUT2D eigenvalue weighted by Gasteiger charge is 2.44. The summed E-state index contributed by atoms with van der Waals surface area (Å²) in [5, 5.41) is 0. The summed E-state index contributed by atoms with van der Waals surface area (Å²) < 4.78 is 0. The van der Waals surface area contributed by atoms with Gasteiger partial charge in [0.05, 0.1) is 12.1 Å². The van der Waals surface area contributed by atoms with Gasteiger partial charge in [-0.1, -0.05) is 146 Å². The molecule has 10 rings (SSSR count). The predicted molar refractivity (Wildman–Crippen MR) is 209 cm³/mol. The second-order valence-corrected chi connectivity index (χ2v) is 15.0. The van der Waals surface area contributed by atoms with Gasteiger partial charge in [0.2, 0.25) is 0 Å². The van der Waals surface area contributed by atoms with Crippen molar-refractivity contribution < 1.29 is 0 Å². The molecule has 7 atom stereocenters. The van der Waals surface area contributed by atoms with Crippen molar-refractivity contribution in [2.75, 3.05) is 9.80 Å². The fourth-order valence-electron chi connectivity index (χ4n) is 9.87. The Labute approximate surface area is 297 Å². The largest absolute Gasteiger partial charge is 0.357 e. The van der Waals surface area contributed by atoms with E-state index in [1.54, 1.807) is 0 Å². The third-order valence-electron chi connectivity index (χ3n) is 12.2. The molecule has 0 spiro atoms. The van der Waals surface area contributed by atoms with Gasteiger partial charge < -0.3 is 9.80 Å². The number of anilines is 2. The van der Waals surface area contributed by atoms with Crippen LogP contribution in [0.2, 0.25) is 0 Å². The Morgan fingerprint density at radius 1 is 0.660 bits per heavy atom. The molecule has 0 saturated carbocycles. The van der Waals surface area contributed by atoms with Crippen LogP contribution >= 0.6 is 0 Å². The molecule has 2 heteroatoms. The molecule has 1 saturated heterocycles. The average Bonchev–Trinajstić information content (AvgIpc) is 3.71. The molecule has 3 aromatic carbocycles. The van der Waals surface area contributed by atoms with Gasteiger partial charge >= 0.3 is 0 Å². The number of hydrogen-bond acceptors (Lipinski definition) is 2. The van der Waals surface area contributed by atoms with Crippen molar-refractivity contribution >= 4 is 16.9 Å². The van der Waals surface area contributed by atoms with Gasteiger partial charge in [-0.05, 0) is 83.7 Å². The molecule has 0 aromatic heterocycles. The summed E-state index contributed by atoms with van der Waals surface area (Å²) >= 11 is 0. The summed E-state index contributed by atoms with van der Waals surface area (Å²) in [6, 6.07) is 30.6. The molecule has 2 nitrogen and oxygen atoms in total. The molecule has 0 N–H and O–H groups in total. The van der Waals surface area contributed by atoms with Crippen LogP contribution in [0.1, 0.15) is 60.6 Å². The van der Waals surface area contributed by atoms with E-state index in [-0.39, 0.29) is 0 Å². The summed E-state index contributed by atoms with van der Waals surface area (Å²) in [6.07, 6.45) is 39.4. The molecule has 50 heavy (non-hydrogen) atoms. The lowest BCUT2D eigenvalue weighted by molar-refractivity contribution is 0.553. The molecule has 7 aliphatic rings. The van der Waals surface area contributed by atoms with Crippen molar-refractivity contribution in [1.82, 2.24) is 0 Å². The van der Waals surface area contributed by atoms with Crippen molar-refractivity contribution in [1.29, 1.82) is 0 Å². The van der Waals surface area contributed by atoms with Crippen molar-refractivity contribution in [2.45, 2.75) is 62.1 Å². The first-order chi connectivity index (χ1) is 24.8. The van der Waals surface area contributed by atoms with Gasteiger partial charge in [-0.3, -0.25) is 0 Å². The van der Waals surface area contributed by atoms with Crippen LogP contribution < -0.4 is 9.80 Å². The Kier molecular flexibility index (Phi) is 7.36. The smallest absolute Gasteiger partial charge is 0.0629 e. The zero-order valence-corrected chi connectivity index (χ0v) is 28.6. The van der Waals surface area contributed by atoms with Gasteiger partial charge in [0.1, 0.15) is 0 Å². The monoisotopic (exact) mass is 648 g/mol. The molecule has 2 aliphatic heterocycles. The van der Waals surface area contributed by atoms with Crippen molar-refractivity contribution in [2.24, 2.45) is 11.8 Å². The van der Waals surface area contributed by atoms with Crippen LogP contribution in [0.4, 0.5) is 11.4 Å². The number of fused-ring (bicyclic) bond motifs is 6. The number of rotatable bonds is 5. The van der Waals surface area contributed by atoms with Crippen molar-refractivity contribution in [3.63, 3.8) is 0 Å². The number of allylic oxidation sites excluding steroid dienone is 12. The van der Waals surface area contributed by atoms with E-state index in [0.717, 1.165) is 12.8 Å². The van der Waals surface area contributed by atoms with Crippen LogP contribution in [-0.2, 0) is 0 Å². The van der Waals surface area contributed by atoms with Gasteiger partial charge in [0.25, 0.3) is 0 Å². The topological polar surface area (TPSA) is 6.48 Å². The maximum absolute atomic E-state index is 2.75. The minimum absolute atomic E-state index is 0.313. The molecule has 5 aliphatic carbocycles. The molecular weight excluding hydrogens is 605 g/mol. The van der Waals surface area contributed by atoms with E-state index >= 15 is 0 Å². The van der Waals surface area contributed by atoms with E-state index < -0.39 is 0 Å². The van der Waals surface area contributed by atoms with Gasteiger partial charge in [-0.15, -0.1) is 0 Å². The Bertz CT molecular complexity index is 2100. The Morgan fingerprint density at radius 2 is 1.54 bits per heavy atom. The fourth-order valence-corrected chi connectivity index (χ4v) is 9.87. The fraction of sp³-hybridized carbons (Fsp3) is 0.250. The number of hydrogen-bond donors (Lipinski definition) is 0. The molecule has 246 valence electrons. The summed E-state index contributed by atoms with van der Waals surface area (Å²) in [4.78, 5) is 5.36. The molecule has 3 aromatic rings. The molecular formula is C48H44N2. The van der Waals surface area contributed by atoms with E-state index in [9.17, 15) is 0 Å². The van der Waals surface area contributed by atoms with E-state index in [0.29, 0.717) is 41.8 Å². The highest BCUT2D eigenvalue weighted by Crippen LogP contribution is 2.51. The lowest BCUT2D eigenvalue weighted by atomic mass is 9.79. The van der Waals surface area contributed by atoms with E-state index in [4.69, 9.17) is 0 Å². The molecule has 2 heterocycles. The first-order valence-corrected chi connectivity index (χ1v) is 18.8. The number of benzene rings is 3. The van der Waals surface area contributed by atoms with Crippen molar-refractivity contribution in [3.8, 4) is 0 Å². The first-order valence-electron chi connectivity index (χ1n) is 18.8. The molecule has 0 bridgehead atoms. The maximum atomic E-state index is 2.75. The first kappa shape index (κ1) is 29.8. The Morgan fingerprint density at radius 3 is 2.46 bits per heavy atom. The predicted octanol–water partition coefficient (Wildman–Crippen LogP) is 11.2. The lowest BCUT2D eigenvalue weighted by Gasteiger charge is -2.38. The molecule has 7 unspecified atom stereocenters. The third kappa shape index (κ3) is 4.99. The third-order valence-corrected chi connectivity index (χ3v) is 12.2. The van der Waals surface area contributed by atoms with Gasteiger partial charge in [-0.25, -0.2) is 0 Å². The van der Waals surface area contributed by atoms with E-state index in [2.05, 4.69) is 174 Å². The SMILES string of the molecule is C1=CCC(c2cccc(N3C4=CCC(C5=CC6c7ccccc7N(C7C=C(c8ccccc8)CCC7)C6C=C5)C=C4C4C=CC=CC43)c2)C=C1. The number of nitrogens with zero attached hydrogens (tertiary/aromatic N) is 2. The summed E-state index contributed by atoms with van der Waals surface area (Å²) in [5.41, 5.74) is 12.8. The van der Waals surface area contributed by atoms with Gasteiger partial charge in [0, 0.05) is 46.8 Å². The van der Waals surface area contributed by atoms with E-state index in [1.807, 2.05) is 0 Å². The van der Waals surface area contributed by atoms with Crippen LogP contribution in [0.15, 0.2) is 181 Å². The second kappa shape index (κ2) is 12.4. The average molecular weight is 649 g/mol. The van der Waals surface area contributed by atoms with Gasteiger partial charge in [-0.2, -0.15) is 0 Å². The molecule has 1 fully saturated rings. The van der Waals surface area contributed by atoms with Crippen LogP contribution in [0.3, 0.4) is 0 Å². The Balaban J connectivity index is 0.954. The lowest BCUT2D eigenvalue weighted by Crippen LogP contribution is -2.41. The standard InChI is InChI=1S/C48H44N2/c1-3-13-33(14-4-1)35-17-11-19-39(29-35)49-45-23-9-7-21-41(45)43-31-37(25-27-47(43)49)38-26-28-48-44(32-38)42-22-8-10-24-46(42)50(48)40-20-12-18-36(30-40)34-15-5-2-6-16-34/h1-11,13,15-17,19,21-24,26-33,37,40-41,44-45,48H,12,14,18,20,25H2. The summed E-state index contributed by atoms with van der Waals surface area (Å²) in [7, 11) is 0. The Hall–Kier alpha value is -5.08. The summed E-state index contributed by atoms with van der Waals surface area (Å²) in [6.45, 7) is 0. The molecule has 0 radical (unpaired) electrons. The molecule has 0 amide bonds. The minimum atomic E-state index is 0.313. The van der Waals surface area contributed by atoms with Crippen LogP contribution in [0.25, 0.3) is 5.57 Å². The maximum Gasteiger partial charge on any atom is 0.0629 e.